The molecule has 10 heteroatoms. The Balaban J connectivity index is 2.61. The van der Waals surface area contributed by atoms with Gasteiger partial charge in [-0.1, -0.05) is 51.1 Å². The van der Waals surface area contributed by atoms with E-state index in [1.165, 1.54) is 13.8 Å². The van der Waals surface area contributed by atoms with E-state index in [9.17, 15) is 24.3 Å². The third-order valence-electron chi connectivity index (χ3n) is 5.36. The Morgan fingerprint density at radius 1 is 0.939 bits per heavy atom. The van der Waals surface area contributed by atoms with Crippen molar-refractivity contribution < 1.29 is 42.9 Å². The second-order valence-corrected chi connectivity index (χ2v) is 14.0. The number of carboxylic acid groups (broad SMARTS) is 1. The number of carbonyl (C=O) groups excluding carboxylic acids is 3. The van der Waals surface area contributed by atoms with E-state index in [1.807, 2.05) is 33.9 Å². The second kappa shape index (κ2) is 11.9. The van der Waals surface area contributed by atoms with E-state index >= 15 is 0 Å². The molecule has 0 amide bonds. The average molecular weight is 483 g/mol. The van der Waals surface area contributed by atoms with Gasteiger partial charge < -0.3 is 23.7 Å². The summed E-state index contributed by atoms with van der Waals surface area (Å²) in [5, 5.41) is 9.17. The third kappa shape index (κ3) is 9.35. The van der Waals surface area contributed by atoms with Gasteiger partial charge in [0.25, 0.3) is 0 Å². The van der Waals surface area contributed by atoms with Crippen molar-refractivity contribution in [3.05, 3.63) is 35.9 Å². The van der Waals surface area contributed by atoms with Crippen LogP contribution < -0.4 is 0 Å². The molecule has 3 atom stereocenters. The quantitative estimate of drug-likeness (QED) is 0.287. The van der Waals surface area contributed by atoms with Crippen LogP contribution in [-0.2, 0) is 44.4 Å². The number of rotatable bonds is 11. The maximum absolute atomic E-state index is 12.4. The third-order valence-corrected chi connectivity index (χ3v) is 9.92. The molecule has 1 rings (SSSR count). The van der Waals surface area contributed by atoms with E-state index in [2.05, 4.69) is 0 Å². The van der Waals surface area contributed by atoms with Crippen LogP contribution in [-0.4, -0.2) is 55.6 Å². The lowest BCUT2D eigenvalue weighted by atomic mass is 10.2. The van der Waals surface area contributed by atoms with Gasteiger partial charge in [-0.2, -0.15) is 0 Å². The molecule has 1 N–H and O–H groups in total. The maximum Gasteiger partial charge on any atom is 0.348 e. The molecule has 0 heterocycles. The second-order valence-electron chi connectivity index (χ2n) is 9.21. The van der Waals surface area contributed by atoms with Crippen LogP contribution in [0.25, 0.3) is 0 Å². The van der Waals surface area contributed by atoms with Crippen LogP contribution in [0, 0.1) is 0 Å². The predicted octanol–water partition coefficient (Wildman–Crippen LogP) is 3.46. The topological polar surface area (TPSA) is 125 Å². The van der Waals surface area contributed by atoms with Gasteiger partial charge in [0.15, 0.2) is 14.4 Å². The summed E-state index contributed by atoms with van der Waals surface area (Å²) < 4.78 is 20.9. The van der Waals surface area contributed by atoms with Crippen LogP contribution in [0.4, 0.5) is 0 Å². The lowest BCUT2D eigenvalue weighted by Crippen LogP contribution is -2.46. The first-order valence-electron chi connectivity index (χ1n) is 10.6. The summed E-state index contributed by atoms with van der Waals surface area (Å²) in [4.78, 5) is 48.1. The van der Waals surface area contributed by atoms with E-state index < -0.39 is 56.9 Å². The smallest absolute Gasteiger partial charge is 0.348 e. The van der Waals surface area contributed by atoms with Crippen molar-refractivity contribution in [2.75, 3.05) is 0 Å². The Bertz CT molecular complexity index is 830. The number of aliphatic carboxylic acids is 1. The zero-order valence-corrected chi connectivity index (χ0v) is 21.2. The molecule has 9 nitrogen and oxygen atoms in total. The highest BCUT2D eigenvalue weighted by Crippen LogP contribution is 2.37. The molecule has 0 fully saturated rings. The fourth-order valence-corrected chi connectivity index (χ4v) is 3.68. The van der Waals surface area contributed by atoms with E-state index in [-0.39, 0.29) is 11.6 Å². The number of carboxylic acids is 1. The number of hydrogen-bond donors (Lipinski definition) is 1. The summed E-state index contributed by atoms with van der Waals surface area (Å²) in [7, 11) is -2.25. The molecule has 0 bridgehead atoms. The molecule has 0 aliphatic heterocycles. The molecule has 0 spiro atoms. The summed E-state index contributed by atoms with van der Waals surface area (Å²) in [5.74, 6) is -4.22. The molecule has 0 aliphatic rings. The number of esters is 3. The minimum atomic E-state index is -2.25. The van der Waals surface area contributed by atoms with Gasteiger partial charge in [-0.15, -0.1) is 0 Å². The van der Waals surface area contributed by atoms with Crippen LogP contribution in [0.15, 0.2) is 30.3 Å². The molecule has 184 valence electrons. The molecular formula is C23H34O9Si. The van der Waals surface area contributed by atoms with Crippen molar-refractivity contribution in [3.63, 3.8) is 0 Å². The van der Waals surface area contributed by atoms with Crippen LogP contribution in [0.1, 0.15) is 46.6 Å². The first-order valence-corrected chi connectivity index (χ1v) is 13.6. The summed E-state index contributed by atoms with van der Waals surface area (Å²) in [5.41, 5.74) is 0.726. The van der Waals surface area contributed by atoms with Gasteiger partial charge in [-0.05, 0) is 37.5 Å². The summed E-state index contributed by atoms with van der Waals surface area (Å²) in [6, 6.07) is 8.83. The zero-order valence-electron chi connectivity index (χ0n) is 20.2. The molecule has 0 aliphatic carbocycles. The molecular weight excluding hydrogens is 448 g/mol. The van der Waals surface area contributed by atoms with Gasteiger partial charge in [0.2, 0.25) is 6.10 Å². The van der Waals surface area contributed by atoms with Gasteiger partial charge in [-0.25, -0.2) is 14.4 Å². The Hall–Kier alpha value is -2.72. The Labute approximate surface area is 195 Å². The highest BCUT2D eigenvalue weighted by atomic mass is 28.4. The first kappa shape index (κ1) is 28.3. The van der Waals surface area contributed by atoms with Crippen LogP contribution in [0.3, 0.4) is 0 Å². The predicted molar refractivity (Wildman–Crippen MR) is 122 cm³/mol. The Morgan fingerprint density at radius 3 is 2.00 bits per heavy atom. The fourth-order valence-electron chi connectivity index (χ4n) is 2.35. The van der Waals surface area contributed by atoms with Crippen molar-refractivity contribution in [1.82, 2.24) is 0 Å². The zero-order chi connectivity index (χ0) is 25.4. The molecule has 1 aromatic carbocycles. The van der Waals surface area contributed by atoms with E-state index in [0.29, 0.717) is 0 Å². The lowest BCUT2D eigenvalue weighted by molar-refractivity contribution is -0.180. The Morgan fingerprint density at radius 2 is 1.48 bits per heavy atom. The van der Waals surface area contributed by atoms with Crippen molar-refractivity contribution >= 4 is 32.2 Å². The average Bonchev–Trinajstić information content (AvgIpc) is 2.71. The van der Waals surface area contributed by atoms with Gasteiger partial charge in [0.05, 0.1) is 6.42 Å². The van der Waals surface area contributed by atoms with E-state index in [1.54, 1.807) is 30.3 Å². The van der Waals surface area contributed by atoms with Gasteiger partial charge >= 0.3 is 23.9 Å². The number of benzene rings is 1. The number of hydrogen-bond acceptors (Lipinski definition) is 8. The number of ether oxygens (including phenoxy) is 3. The normalized spacial score (nSPS) is 14.5. The fraction of sp³-hybridized carbons (Fsp3) is 0.565. The Kier molecular flexibility index (Phi) is 10.2. The largest absolute Gasteiger partial charge is 0.478 e. The lowest BCUT2D eigenvalue weighted by Gasteiger charge is -2.37. The summed E-state index contributed by atoms with van der Waals surface area (Å²) >= 11 is 0. The summed E-state index contributed by atoms with van der Waals surface area (Å²) in [6.07, 6.45) is -4.75. The van der Waals surface area contributed by atoms with Crippen LogP contribution >= 0.6 is 0 Å². The molecule has 0 aromatic heterocycles. The molecule has 1 aromatic rings. The van der Waals surface area contributed by atoms with Crippen molar-refractivity contribution in [3.8, 4) is 0 Å². The minimum Gasteiger partial charge on any atom is -0.478 e. The SMILES string of the molecule is C[C@H](OC(=O)[C@H](C)O[Si](C)(C)C(C)(C)C)C(=O)O[C@@H](CC(=O)OCc1ccccc1)C(=O)O. The minimum absolute atomic E-state index is 0.0416. The van der Waals surface area contributed by atoms with Crippen molar-refractivity contribution in [1.29, 1.82) is 0 Å². The van der Waals surface area contributed by atoms with Crippen molar-refractivity contribution in [2.45, 2.75) is 84.1 Å². The molecule has 33 heavy (non-hydrogen) atoms. The molecule has 0 radical (unpaired) electrons. The van der Waals surface area contributed by atoms with Crippen molar-refractivity contribution in [2.24, 2.45) is 0 Å². The van der Waals surface area contributed by atoms with Gasteiger partial charge in [0, 0.05) is 0 Å². The standard InChI is InChI=1S/C23H34O9Si/c1-15(30-22(28)16(2)32-33(6,7)23(3,4)5)21(27)31-18(20(25)26)13-19(24)29-14-17-11-9-8-10-12-17/h8-12,15-16,18H,13-14H2,1-7H3,(H,25,26)/t15-,16-,18-/m0/s1. The molecule has 0 saturated carbocycles. The van der Waals surface area contributed by atoms with Crippen LogP contribution in [0.2, 0.25) is 18.1 Å². The van der Waals surface area contributed by atoms with Gasteiger partial charge in [0.1, 0.15) is 12.7 Å². The van der Waals surface area contributed by atoms with Crippen LogP contribution in [0.5, 0.6) is 0 Å². The first-order chi connectivity index (χ1) is 15.1. The maximum atomic E-state index is 12.4. The highest BCUT2D eigenvalue weighted by Gasteiger charge is 2.40. The van der Waals surface area contributed by atoms with E-state index in [4.69, 9.17) is 18.6 Å². The van der Waals surface area contributed by atoms with Gasteiger partial charge in [-0.3, -0.25) is 4.79 Å². The molecule has 0 saturated heterocycles. The summed E-state index contributed by atoms with van der Waals surface area (Å²) in [6.45, 7) is 12.8. The van der Waals surface area contributed by atoms with E-state index in [0.717, 1.165) is 5.56 Å². The highest BCUT2D eigenvalue weighted by molar-refractivity contribution is 6.74. The monoisotopic (exact) mass is 482 g/mol. The molecule has 0 unspecified atom stereocenters. The number of carbonyl (C=O) groups is 4.